The fourth-order valence-corrected chi connectivity index (χ4v) is 1.90. The molecule has 0 spiro atoms. The molecule has 5 nitrogen and oxygen atoms in total. The van der Waals surface area contributed by atoms with Crippen LogP contribution in [0.3, 0.4) is 0 Å². The molecule has 0 unspecified atom stereocenters. The van der Waals surface area contributed by atoms with Crippen molar-refractivity contribution in [1.29, 1.82) is 0 Å². The lowest BCUT2D eigenvalue weighted by Gasteiger charge is -2.17. The van der Waals surface area contributed by atoms with Gasteiger partial charge < -0.3 is 9.47 Å². The zero-order valence-corrected chi connectivity index (χ0v) is 11.0. The molecular formula is C13H18N2O3. The van der Waals surface area contributed by atoms with E-state index in [0.717, 1.165) is 16.9 Å². The van der Waals surface area contributed by atoms with Crippen molar-refractivity contribution in [2.45, 2.75) is 13.1 Å². The minimum Gasteiger partial charge on any atom is -0.497 e. The minimum absolute atomic E-state index is 0.279. The molecule has 1 aliphatic rings. The maximum absolute atomic E-state index is 11.8. The lowest BCUT2D eigenvalue weighted by atomic mass is 10.1. The third-order valence-corrected chi connectivity index (χ3v) is 2.84. The van der Waals surface area contributed by atoms with Crippen LogP contribution in [0.25, 0.3) is 0 Å². The summed E-state index contributed by atoms with van der Waals surface area (Å²) in [6, 6.07) is 5.87. The average molecular weight is 250 g/mol. The van der Waals surface area contributed by atoms with Crippen LogP contribution in [0.5, 0.6) is 5.75 Å². The number of fused-ring (bicyclic) bond motifs is 1. The van der Waals surface area contributed by atoms with Gasteiger partial charge in [-0.25, -0.2) is 4.79 Å². The summed E-state index contributed by atoms with van der Waals surface area (Å²) in [7, 11) is 5.35. The Balaban J connectivity index is 1.98. The van der Waals surface area contributed by atoms with Gasteiger partial charge in [-0.1, -0.05) is 6.07 Å². The molecule has 0 N–H and O–H groups in total. The first-order valence-electron chi connectivity index (χ1n) is 5.82. The molecule has 0 saturated carbocycles. The number of hydrogen-bond acceptors (Lipinski definition) is 4. The molecule has 1 aromatic carbocycles. The van der Waals surface area contributed by atoms with Crippen LogP contribution in [0, 0.1) is 0 Å². The summed E-state index contributed by atoms with van der Waals surface area (Å²) in [4.78, 5) is 15.3. The molecule has 1 amide bonds. The SMILES string of the molecule is COc1ccc2c(c1)CN(C(=O)OCN(C)C)C2. The van der Waals surface area contributed by atoms with Crippen LogP contribution in [0.4, 0.5) is 4.79 Å². The molecule has 0 saturated heterocycles. The Hall–Kier alpha value is -1.75. The van der Waals surface area contributed by atoms with Crippen molar-refractivity contribution in [1.82, 2.24) is 9.80 Å². The molecule has 5 heteroatoms. The molecular weight excluding hydrogens is 232 g/mol. The van der Waals surface area contributed by atoms with Crippen molar-refractivity contribution in [2.75, 3.05) is 27.9 Å². The normalized spacial score (nSPS) is 13.7. The van der Waals surface area contributed by atoms with Crippen molar-refractivity contribution in [3.63, 3.8) is 0 Å². The van der Waals surface area contributed by atoms with E-state index in [1.807, 2.05) is 37.2 Å². The van der Waals surface area contributed by atoms with Crippen LogP contribution in [0.2, 0.25) is 0 Å². The van der Waals surface area contributed by atoms with E-state index >= 15 is 0 Å². The molecule has 1 aromatic rings. The standard InChI is InChI=1S/C13H18N2O3/c1-14(2)9-18-13(16)15-7-10-4-5-12(17-3)6-11(10)8-15/h4-6H,7-9H2,1-3H3. The summed E-state index contributed by atoms with van der Waals surface area (Å²) in [6.45, 7) is 1.49. The monoisotopic (exact) mass is 250 g/mol. The summed E-state index contributed by atoms with van der Waals surface area (Å²) in [5.41, 5.74) is 2.27. The second-order valence-corrected chi connectivity index (χ2v) is 4.61. The summed E-state index contributed by atoms with van der Waals surface area (Å²) < 4.78 is 10.3. The zero-order chi connectivity index (χ0) is 13.1. The third-order valence-electron chi connectivity index (χ3n) is 2.84. The van der Waals surface area contributed by atoms with Gasteiger partial charge in [0.05, 0.1) is 7.11 Å². The number of ether oxygens (including phenoxy) is 2. The van der Waals surface area contributed by atoms with Gasteiger partial charge >= 0.3 is 6.09 Å². The van der Waals surface area contributed by atoms with Gasteiger partial charge in [0, 0.05) is 13.1 Å². The van der Waals surface area contributed by atoms with Crippen molar-refractivity contribution < 1.29 is 14.3 Å². The average Bonchev–Trinajstić information content (AvgIpc) is 2.78. The number of carbonyl (C=O) groups excluding carboxylic acids is 1. The van der Waals surface area contributed by atoms with Crippen LogP contribution in [0.15, 0.2) is 18.2 Å². The molecule has 0 atom stereocenters. The molecule has 0 aliphatic carbocycles. The van der Waals surface area contributed by atoms with E-state index < -0.39 is 0 Å². The van der Waals surface area contributed by atoms with E-state index in [0.29, 0.717) is 19.8 Å². The number of methoxy groups -OCH3 is 1. The molecule has 0 bridgehead atoms. The highest BCUT2D eigenvalue weighted by Crippen LogP contribution is 2.26. The molecule has 2 rings (SSSR count). The van der Waals surface area contributed by atoms with E-state index in [9.17, 15) is 4.79 Å². The second-order valence-electron chi connectivity index (χ2n) is 4.61. The third kappa shape index (κ3) is 2.73. The Labute approximate surface area is 107 Å². The Morgan fingerprint density at radius 2 is 2.06 bits per heavy atom. The van der Waals surface area contributed by atoms with Crippen molar-refractivity contribution in [3.8, 4) is 5.75 Å². The Morgan fingerprint density at radius 1 is 1.33 bits per heavy atom. The predicted octanol–water partition coefficient (Wildman–Crippen LogP) is 1.67. The number of benzene rings is 1. The number of hydrogen-bond donors (Lipinski definition) is 0. The maximum Gasteiger partial charge on any atom is 0.411 e. The first-order chi connectivity index (χ1) is 8.60. The highest BCUT2D eigenvalue weighted by Gasteiger charge is 2.24. The van der Waals surface area contributed by atoms with Gasteiger partial charge in [0.2, 0.25) is 0 Å². The van der Waals surface area contributed by atoms with Crippen LogP contribution in [-0.4, -0.2) is 43.8 Å². The minimum atomic E-state index is -0.279. The number of amides is 1. The summed E-state index contributed by atoms with van der Waals surface area (Å²) in [5, 5.41) is 0. The zero-order valence-electron chi connectivity index (χ0n) is 11.0. The Bertz CT molecular complexity index is 446. The number of nitrogens with zero attached hydrogens (tertiary/aromatic N) is 2. The maximum atomic E-state index is 11.8. The second kappa shape index (κ2) is 5.27. The van der Waals surface area contributed by atoms with Crippen LogP contribution >= 0.6 is 0 Å². The van der Waals surface area contributed by atoms with E-state index in [2.05, 4.69) is 0 Å². The van der Waals surface area contributed by atoms with Crippen molar-refractivity contribution in [3.05, 3.63) is 29.3 Å². The molecule has 1 aliphatic heterocycles. The smallest absolute Gasteiger partial charge is 0.411 e. The lowest BCUT2D eigenvalue weighted by Crippen LogP contribution is -2.29. The van der Waals surface area contributed by atoms with Gasteiger partial charge in [0.1, 0.15) is 12.5 Å². The Morgan fingerprint density at radius 3 is 2.72 bits per heavy atom. The van der Waals surface area contributed by atoms with Gasteiger partial charge in [-0.05, 0) is 37.4 Å². The van der Waals surface area contributed by atoms with Crippen molar-refractivity contribution in [2.24, 2.45) is 0 Å². The van der Waals surface area contributed by atoms with Gasteiger partial charge in [-0.2, -0.15) is 0 Å². The van der Waals surface area contributed by atoms with Gasteiger partial charge in [0.25, 0.3) is 0 Å². The predicted molar refractivity (Wildman–Crippen MR) is 67.3 cm³/mol. The Kier molecular flexibility index (Phi) is 3.72. The van der Waals surface area contributed by atoms with E-state index in [-0.39, 0.29) is 6.09 Å². The van der Waals surface area contributed by atoms with E-state index in [1.54, 1.807) is 12.0 Å². The van der Waals surface area contributed by atoms with Crippen LogP contribution < -0.4 is 4.74 Å². The van der Waals surface area contributed by atoms with Gasteiger partial charge in [0.15, 0.2) is 0 Å². The van der Waals surface area contributed by atoms with Crippen LogP contribution in [0.1, 0.15) is 11.1 Å². The summed E-state index contributed by atoms with van der Waals surface area (Å²) >= 11 is 0. The highest BCUT2D eigenvalue weighted by molar-refractivity contribution is 5.69. The fourth-order valence-electron chi connectivity index (χ4n) is 1.90. The molecule has 1 heterocycles. The molecule has 18 heavy (non-hydrogen) atoms. The van der Waals surface area contributed by atoms with Gasteiger partial charge in [-0.15, -0.1) is 0 Å². The molecule has 0 fully saturated rings. The van der Waals surface area contributed by atoms with E-state index in [1.165, 1.54) is 0 Å². The fraction of sp³-hybridized carbons (Fsp3) is 0.462. The largest absolute Gasteiger partial charge is 0.497 e. The van der Waals surface area contributed by atoms with Gasteiger partial charge in [-0.3, -0.25) is 9.80 Å². The van der Waals surface area contributed by atoms with Crippen LogP contribution in [-0.2, 0) is 17.8 Å². The quantitative estimate of drug-likeness (QED) is 0.765. The lowest BCUT2D eigenvalue weighted by molar-refractivity contribution is 0.0626. The molecule has 98 valence electrons. The van der Waals surface area contributed by atoms with E-state index in [4.69, 9.17) is 9.47 Å². The van der Waals surface area contributed by atoms with Crippen molar-refractivity contribution >= 4 is 6.09 Å². The topological polar surface area (TPSA) is 42.0 Å². The highest BCUT2D eigenvalue weighted by atomic mass is 16.6. The molecule has 0 radical (unpaired) electrons. The first kappa shape index (κ1) is 12.7. The number of carbonyl (C=O) groups is 1. The molecule has 0 aromatic heterocycles. The summed E-state index contributed by atoms with van der Waals surface area (Å²) in [6.07, 6.45) is -0.279. The first-order valence-corrected chi connectivity index (χ1v) is 5.82. The number of rotatable bonds is 3. The summed E-state index contributed by atoms with van der Waals surface area (Å²) in [5.74, 6) is 0.817.